The molecule has 2 rings (SSSR count). The lowest BCUT2D eigenvalue weighted by Crippen LogP contribution is -2.37. The van der Waals surface area contributed by atoms with Crippen LogP contribution in [-0.2, 0) is 16.1 Å². The Morgan fingerprint density at radius 2 is 1.67 bits per heavy atom. The van der Waals surface area contributed by atoms with E-state index >= 15 is 0 Å². The summed E-state index contributed by atoms with van der Waals surface area (Å²) in [6, 6.07) is 13.9. The normalized spacial score (nSPS) is 10.7. The first-order chi connectivity index (χ1) is 14.2. The van der Waals surface area contributed by atoms with Crippen molar-refractivity contribution >= 4 is 23.6 Å². The van der Waals surface area contributed by atoms with Gasteiger partial charge in [0.2, 0.25) is 5.91 Å². The highest BCUT2D eigenvalue weighted by Gasteiger charge is 2.16. The Kier molecular flexibility index (Phi) is 7.80. The van der Waals surface area contributed by atoms with Crippen molar-refractivity contribution in [1.82, 2.24) is 10.6 Å². The number of methoxy groups -OCH3 is 1. The van der Waals surface area contributed by atoms with Gasteiger partial charge in [-0.2, -0.15) is 0 Å². The largest absolute Gasteiger partial charge is 0.497 e. The predicted octanol–water partition coefficient (Wildman–Crippen LogP) is 3.09. The molecule has 0 aliphatic rings. The van der Waals surface area contributed by atoms with Crippen LogP contribution in [0.5, 0.6) is 5.75 Å². The van der Waals surface area contributed by atoms with Crippen LogP contribution >= 0.6 is 0 Å². The maximum atomic E-state index is 12.3. The number of benzene rings is 2. The number of anilines is 1. The van der Waals surface area contributed by atoms with Gasteiger partial charge < -0.3 is 25.4 Å². The minimum absolute atomic E-state index is 0.214. The lowest BCUT2D eigenvalue weighted by molar-refractivity contribution is -0.115. The van der Waals surface area contributed by atoms with Gasteiger partial charge in [0, 0.05) is 17.8 Å². The molecule has 0 aliphatic carbocycles. The zero-order valence-corrected chi connectivity index (χ0v) is 17.6. The van der Waals surface area contributed by atoms with Gasteiger partial charge in [-0.1, -0.05) is 12.1 Å². The Bertz CT molecular complexity index is 888. The molecule has 3 amide bonds. The van der Waals surface area contributed by atoms with Gasteiger partial charge in [-0.15, -0.1) is 0 Å². The van der Waals surface area contributed by atoms with Crippen molar-refractivity contribution in [2.75, 3.05) is 19.0 Å². The number of alkyl carbamates (subject to hydrolysis) is 1. The third-order valence-electron chi connectivity index (χ3n) is 3.81. The first-order valence-corrected chi connectivity index (χ1v) is 9.44. The lowest BCUT2D eigenvalue weighted by Gasteiger charge is -2.19. The second-order valence-corrected chi connectivity index (χ2v) is 7.52. The van der Waals surface area contributed by atoms with Crippen molar-refractivity contribution in [2.24, 2.45) is 0 Å². The maximum absolute atomic E-state index is 12.3. The minimum atomic E-state index is -0.660. The molecule has 0 aliphatic heterocycles. The zero-order valence-electron chi connectivity index (χ0n) is 17.6. The highest BCUT2D eigenvalue weighted by atomic mass is 16.6. The van der Waals surface area contributed by atoms with Gasteiger partial charge in [0.05, 0.1) is 7.11 Å². The van der Waals surface area contributed by atoms with Crippen LogP contribution < -0.4 is 20.7 Å². The molecule has 0 saturated heterocycles. The van der Waals surface area contributed by atoms with Crippen LogP contribution in [0.15, 0.2) is 48.5 Å². The molecule has 2 aromatic carbocycles. The Labute approximate surface area is 175 Å². The van der Waals surface area contributed by atoms with E-state index < -0.39 is 11.7 Å². The molecule has 0 aromatic heterocycles. The second-order valence-electron chi connectivity index (χ2n) is 7.52. The standard InChI is InChI=1S/C22H27N3O5/c1-22(2,3)30-21(28)24-14-19(26)25-17-7-5-6-15(12-17)13-23-20(27)16-8-10-18(29-4)11-9-16/h5-12H,13-14H2,1-4H3,(H,23,27)(H,24,28)(H,25,26). The van der Waals surface area contributed by atoms with E-state index in [-0.39, 0.29) is 18.4 Å². The number of hydrogen-bond donors (Lipinski definition) is 3. The fourth-order valence-electron chi connectivity index (χ4n) is 2.46. The number of carbonyl (C=O) groups is 3. The molecule has 0 atom stereocenters. The van der Waals surface area contributed by atoms with Crippen LogP contribution in [0.3, 0.4) is 0 Å². The average molecular weight is 413 g/mol. The number of rotatable bonds is 7. The maximum Gasteiger partial charge on any atom is 0.408 e. The summed E-state index contributed by atoms with van der Waals surface area (Å²) in [4.78, 5) is 35.9. The van der Waals surface area contributed by atoms with Crippen molar-refractivity contribution in [3.05, 3.63) is 59.7 Å². The van der Waals surface area contributed by atoms with E-state index in [9.17, 15) is 14.4 Å². The molecular weight excluding hydrogens is 386 g/mol. The number of nitrogens with one attached hydrogen (secondary N) is 3. The fraction of sp³-hybridized carbons (Fsp3) is 0.318. The van der Waals surface area contributed by atoms with Crippen molar-refractivity contribution in [2.45, 2.75) is 32.9 Å². The van der Waals surface area contributed by atoms with E-state index in [4.69, 9.17) is 9.47 Å². The van der Waals surface area contributed by atoms with Gasteiger partial charge in [0.25, 0.3) is 5.91 Å². The topological polar surface area (TPSA) is 106 Å². The molecule has 8 heteroatoms. The summed E-state index contributed by atoms with van der Waals surface area (Å²) in [5.74, 6) is 0.0741. The van der Waals surface area contributed by atoms with Gasteiger partial charge >= 0.3 is 6.09 Å². The van der Waals surface area contributed by atoms with Crippen LogP contribution in [0.1, 0.15) is 36.7 Å². The third kappa shape index (κ3) is 7.83. The molecule has 0 saturated carbocycles. The molecule has 30 heavy (non-hydrogen) atoms. The Balaban J connectivity index is 1.84. The van der Waals surface area contributed by atoms with E-state index in [0.29, 0.717) is 23.5 Å². The average Bonchev–Trinajstić information content (AvgIpc) is 2.69. The zero-order chi connectivity index (χ0) is 22.1. The molecule has 0 bridgehead atoms. The van der Waals surface area contributed by atoms with E-state index in [1.54, 1.807) is 70.3 Å². The molecule has 0 fully saturated rings. The first kappa shape index (κ1) is 22.7. The molecule has 160 valence electrons. The number of amides is 3. The lowest BCUT2D eigenvalue weighted by atomic mass is 10.1. The van der Waals surface area contributed by atoms with Crippen LogP contribution in [0.2, 0.25) is 0 Å². The van der Waals surface area contributed by atoms with Crippen LogP contribution in [0, 0.1) is 0 Å². The van der Waals surface area contributed by atoms with Crippen molar-refractivity contribution < 1.29 is 23.9 Å². The number of carbonyl (C=O) groups excluding carboxylic acids is 3. The quantitative estimate of drug-likeness (QED) is 0.647. The molecule has 2 aromatic rings. The molecule has 8 nitrogen and oxygen atoms in total. The van der Waals surface area contributed by atoms with Gasteiger partial charge in [0.15, 0.2) is 0 Å². The summed E-state index contributed by atoms with van der Waals surface area (Å²) in [5.41, 5.74) is 1.26. The molecule has 0 heterocycles. The van der Waals surface area contributed by atoms with E-state index in [2.05, 4.69) is 16.0 Å². The third-order valence-corrected chi connectivity index (χ3v) is 3.81. The van der Waals surface area contributed by atoms with Crippen molar-refractivity contribution in [3.8, 4) is 5.75 Å². The van der Waals surface area contributed by atoms with Gasteiger partial charge in [-0.3, -0.25) is 9.59 Å². The molecule has 0 radical (unpaired) electrons. The Hall–Kier alpha value is -3.55. The van der Waals surface area contributed by atoms with Crippen molar-refractivity contribution in [1.29, 1.82) is 0 Å². The predicted molar refractivity (Wildman–Crippen MR) is 113 cm³/mol. The Morgan fingerprint density at radius 1 is 0.967 bits per heavy atom. The second kappa shape index (κ2) is 10.3. The van der Waals surface area contributed by atoms with E-state index in [0.717, 1.165) is 5.56 Å². The fourth-order valence-corrected chi connectivity index (χ4v) is 2.46. The molecular formula is C22H27N3O5. The number of ether oxygens (including phenoxy) is 2. The summed E-state index contributed by atoms with van der Waals surface area (Å²) in [6.07, 6.45) is -0.660. The van der Waals surface area contributed by atoms with Gasteiger partial charge in [-0.05, 0) is 62.7 Å². The summed E-state index contributed by atoms with van der Waals surface area (Å²) in [6.45, 7) is 5.31. The molecule has 3 N–H and O–H groups in total. The highest BCUT2D eigenvalue weighted by molar-refractivity contribution is 5.95. The summed E-state index contributed by atoms with van der Waals surface area (Å²) >= 11 is 0. The highest BCUT2D eigenvalue weighted by Crippen LogP contribution is 2.13. The number of hydrogen-bond acceptors (Lipinski definition) is 5. The first-order valence-electron chi connectivity index (χ1n) is 9.44. The Morgan fingerprint density at radius 3 is 2.30 bits per heavy atom. The summed E-state index contributed by atoms with van der Waals surface area (Å²) in [7, 11) is 1.56. The SMILES string of the molecule is COc1ccc(C(=O)NCc2cccc(NC(=O)CNC(=O)OC(C)(C)C)c2)cc1. The monoisotopic (exact) mass is 413 g/mol. The summed E-state index contributed by atoms with van der Waals surface area (Å²) in [5, 5.41) is 7.93. The van der Waals surface area contributed by atoms with Gasteiger partial charge in [0.1, 0.15) is 17.9 Å². The van der Waals surface area contributed by atoms with Crippen LogP contribution in [0.4, 0.5) is 10.5 Å². The van der Waals surface area contributed by atoms with Crippen LogP contribution in [-0.4, -0.2) is 37.2 Å². The van der Waals surface area contributed by atoms with Gasteiger partial charge in [-0.25, -0.2) is 4.79 Å². The van der Waals surface area contributed by atoms with E-state index in [1.807, 2.05) is 6.07 Å². The minimum Gasteiger partial charge on any atom is -0.497 e. The molecule has 0 spiro atoms. The summed E-state index contributed by atoms with van der Waals surface area (Å²) < 4.78 is 10.2. The van der Waals surface area contributed by atoms with E-state index in [1.165, 1.54) is 0 Å². The smallest absolute Gasteiger partial charge is 0.408 e. The molecule has 0 unspecified atom stereocenters. The van der Waals surface area contributed by atoms with Crippen LogP contribution in [0.25, 0.3) is 0 Å². The van der Waals surface area contributed by atoms with Crippen molar-refractivity contribution in [3.63, 3.8) is 0 Å².